The molecule has 2 aliphatic rings. The fourth-order valence-corrected chi connectivity index (χ4v) is 2.71. The first-order valence-corrected chi connectivity index (χ1v) is 7.45. The Kier molecular flexibility index (Phi) is 5.69. The van der Waals surface area contributed by atoms with Crippen molar-refractivity contribution in [3.63, 3.8) is 0 Å². The van der Waals surface area contributed by atoms with Crippen molar-refractivity contribution in [1.29, 1.82) is 0 Å². The molecule has 2 amide bonds. The van der Waals surface area contributed by atoms with Crippen LogP contribution in [0.1, 0.15) is 19.3 Å². The molecule has 21 heavy (non-hydrogen) atoms. The molecule has 0 aromatic rings. The van der Waals surface area contributed by atoms with Gasteiger partial charge in [0.05, 0.1) is 20.1 Å². The second kappa shape index (κ2) is 7.51. The minimum absolute atomic E-state index is 0.0447. The van der Waals surface area contributed by atoms with Crippen LogP contribution >= 0.6 is 0 Å². The van der Waals surface area contributed by atoms with E-state index < -0.39 is 0 Å². The fourth-order valence-electron chi connectivity index (χ4n) is 2.71. The average molecular weight is 297 g/mol. The van der Waals surface area contributed by atoms with Crippen LogP contribution in [0, 0.1) is 0 Å². The normalized spacial score (nSPS) is 20.8. The van der Waals surface area contributed by atoms with E-state index in [1.807, 2.05) is 0 Å². The third-order valence-corrected chi connectivity index (χ3v) is 4.06. The molecule has 2 rings (SSSR count). The van der Waals surface area contributed by atoms with E-state index in [4.69, 9.17) is 0 Å². The lowest BCUT2D eigenvalue weighted by Gasteiger charge is -2.34. The zero-order chi connectivity index (χ0) is 15.2. The molecular formula is C14H23N3O4. The predicted octanol–water partition coefficient (Wildman–Crippen LogP) is -0.684. The molecule has 0 saturated carbocycles. The quantitative estimate of drug-likeness (QED) is 0.626. The maximum Gasteiger partial charge on any atom is 0.306 e. The van der Waals surface area contributed by atoms with Crippen molar-refractivity contribution in [2.45, 2.75) is 19.3 Å². The third-order valence-electron chi connectivity index (χ3n) is 4.06. The largest absolute Gasteiger partial charge is 0.469 e. The molecule has 0 aromatic heterocycles. The van der Waals surface area contributed by atoms with Crippen LogP contribution in [0.4, 0.5) is 0 Å². The number of piperazine rings is 1. The number of ether oxygens (including phenoxy) is 1. The Morgan fingerprint density at radius 2 is 1.76 bits per heavy atom. The number of imide groups is 1. The number of carbonyl (C=O) groups excluding carboxylic acids is 3. The van der Waals surface area contributed by atoms with Gasteiger partial charge in [-0.1, -0.05) is 0 Å². The van der Waals surface area contributed by atoms with Crippen molar-refractivity contribution in [1.82, 2.24) is 14.7 Å². The maximum absolute atomic E-state index is 12.0. The molecule has 0 bridgehead atoms. The summed E-state index contributed by atoms with van der Waals surface area (Å²) in [5.74, 6) is -0.322. The van der Waals surface area contributed by atoms with Crippen LogP contribution in [0.2, 0.25) is 0 Å². The number of carbonyl (C=O) groups is 3. The maximum atomic E-state index is 12.0. The summed E-state index contributed by atoms with van der Waals surface area (Å²) in [6.45, 7) is 4.81. The molecule has 2 saturated heterocycles. The van der Waals surface area contributed by atoms with Gasteiger partial charge in [0.2, 0.25) is 11.8 Å². The molecule has 2 heterocycles. The summed E-state index contributed by atoms with van der Waals surface area (Å²) in [5, 5.41) is 0. The molecule has 0 spiro atoms. The molecule has 0 aromatic carbocycles. The molecule has 2 aliphatic heterocycles. The van der Waals surface area contributed by atoms with Crippen LogP contribution < -0.4 is 0 Å². The van der Waals surface area contributed by atoms with Gasteiger partial charge in [-0.3, -0.25) is 24.2 Å². The number of methoxy groups -OCH3 is 1. The molecule has 7 nitrogen and oxygen atoms in total. The molecule has 0 radical (unpaired) electrons. The van der Waals surface area contributed by atoms with Crippen molar-refractivity contribution in [2.24, 2.45) is 0 Å². The minimum atomic E-state index is -0.194. The number of hydrogen-bond donors (Lipinski definition) is 0. The van der Waals surface area contributed by atoms with E-state index in [2.05, 4.69) is 14.5 Å². The number of nitrogens with zero attached hydrogens (tertiary/aromatic N) is 3. The zero-order valence-corrected chi connectivity index (χ0v) is 12.5. The van der Waals surface area contributed by atoms with Gasteiger partial charge in [-0.2, -0.15) is 0 Å². The Bertz CT molecular complexity index is 405. The van der Waals surface area contributed by atoms with Crippen molar-refractivity contribution in [2.75, 3.05) is 52.9 Å². The first kappa shape index (κ1) is 15.9. The van der Waals surface area contributed by atoms with Gasteiger partial charge in [0, 0.05) is 45.7 Å². The molecule has 2 fully saturated rings. The fraction of sp³-hybridized carbons (Fsp3) is 0.786. The smallest absolute Gasteiger partial charge is 0.306 e. The summed E-state index contributed by atoms with van der Waals surface area (Å²) < 4.78 is 4.62. The Morgan fingerprint density at radius 3 is 2.33 bits per heavy atom. The number of likely N-dealkylation sites (tertiary alicyclic amines) is 1. The van der Waals surface area contributed by atoms with Gasteiger partial charge < -0.3 is 9.64 Å². The van der Waals surface area contributed by atoms with Crippen LogP contribution in [-0.4, -0.2) is 85.4 Å². The Morgan fingerprint density at radius 1 is 1.10 bits per heavy atom. The SMILES string of the molecule is COC(=O)CCN1CCN(CC(=O)N2CCCC2=O)CC1. The second-order valence-corrected chi connectivity index (χ2v) is 5.49. The topological polar surface area (TPSA) is 70.2 Å². The molecular weight excluding hydrogens is 274 g/mol. The minimum Gasteiger partial charge on any atom is -0.469 e. The summed E-state index contributed by atoms with van der Waals surface area (Å²) in [6.07, 6.45) is 1.68. The van der Waals surface area contributed by atoms with E-state index in [-0.39, 0.29) is 17.8 Å². The van der Waals surface area contributed by atoms with Crippen molar-refractivity contribution in [3.05, 3.63) is 0 Å². The second-order valence-electron chi connectivity index (χ2n) is 5.49. The average Bonchev–Trinajstić information content (AvgIpc) is 2.92. The number of hydrogen-bond acceptors (Lipinski definition) is 6. The summed E-state index contributed by atoms with van der Waals surface area (Å²) in [7, 11) is 1.39. The van der Waals surface area contributed by atoms with Gasteiger partial charge in [0.15, 0.2) is 0 Å². The van der Waals surface area contributed by atoms with Gasteiger partial charge in [-0.25, -0.2) is 0 Å². The van der Waals surface area contributed by atoms with Gasteiger partial charge in [0.25, 0.3) is 0 Å². The highest BCUT2D eigenvalue weighted by atomic mass is 16.5. The standard InChI is InChI=1S/C14H23N3O4/c1-21-14(20)4-6-15-7-9-16(10-8-15)11-13(19)17-5-2-3-12(17)18/h2-11H2,1H3. The Labute approximate surface area is 124 Å². The molecule has 0 atom stereocenters. The first-order valence-electron chi connectivity index (χ1n) is 7.45. The lowest BCUT2D eigenvalue weighted by atomic mass is 10.3. The summed E-state index contributed by atoms with van der Waals surface area (Å²) in [4.78, 5) is 40.3. The van der Waals surface area contributed by atoms with E-state index in [9.17, 15) is 14.4 Å². The van der Waals surface area contributed by atoms with E-state index in [1.54, 1.807) is 0 Å². The number of rotatable bonds is 5. The highest BCUT2D eigenvalue weighted by Gasteiger charge is 2.28. The first-order chi connectivity index (χ1) is 10.1. The molecule has 0 aliphatic carbocycles. The summed E-state index contributed by atoms with van der Waals surface area (Å²) in [6, 6.07) is 0. The lowest BCUT2D eigenvalue weighted by molar-refractivity contribution is -0.142. The number of amides is 2. The van der Waals surface area contributed by atoms with E-state index in [1.165, 1.54) is 12.0 Å². The summed E-state index contributed by atoms with van der Waals surface area (Å²) >= 11 is 0. The third kappa shape index (κ3) is 4.50. The van der Waals surface area contributed by atoms with Crippen molar-refractivity contribution >= 4 is 17.8 Å². The van der Waals surface area contributed by atoms with E-state index in [0.29, 0.717) is 32.5 Å². The predicted molar refractivity (Wildman–Crippen MR) is 75.5 cm³/mol. The van der Waals surface area contributed by atoms with Gasteiger partial charge >= 0.3 is 5.97 Å². The van der Waals surface area contributed by atoms with Crippen molar-refractivity contribution < 1.29 is 19.1 Å². The molecule has 0 N–H and O–H groups in total. The highest BCUT2D eigenvalue weighted by molar-refractivity contribution is 5.97. The highest BCUT2D eigenvalue weighted by Crippen LogP contribution is 2.11. The van der Waals surface area contributed by atoms with Crippen LogP contribution in [0.5, 0.6) is 0 Å². The molecule has 0 unspecified atom stereocenters. The molecule has 7 heteroatoms. The van der Waals surface area contributed by atoms with Gasteiger partial charge in [-0.15, -0.1) is 0 Å². The van der Waals surface area contributed by atoms with Crippen LogP contribution in [0.25, 0.3) is 0 Å². The van der Waals surface area contributed by atoms with Gasteiger partial charge in [0.1, 0.15) is 0 Å². The lowest BCUT2D eigenvalue weighted by Crippen LogP contribution is -2.50. The van der Waals surface area contributed by atoms with Crippen LogP contribution in [-0.2, 0) is 19.1 Å². The monoisotopic (exact) mass is 297 g/mol. The molecule has 118 valence electrons. The van der Waals surface area contributed by atoms with Crippen LogP contribution in [0.15, 0.2) is 0 Å². The Hall–Kier alpha value is -1.47. The van der Waals surface area contributed by atoms with E-state index >= 15 is 0 Å². The van der Waals surface area contributed by atoms with Gasteiger partial charge in [-0.05, 0) is 6.42 Å². The van der Waals surface area contributed by atoms with Crippen LogP contribution in [0.3, 0.4) is 0 Å². The number of esters is 1. The zero-order valence-electron chi connectivity index (χ0n) is 12.5. The van der Waals surface area contributed by atoms with Crippen molar-refractivity contribution in [3.8, 4) is 0 Å². The Balaban J connectivity index is 1.68. The summed E-state index contributed by atoms with van der Waals surface area (Å²) in [5.41, 5.74) is 0. The van der Waals surface area contributed by atoms with E-state index in [0.717, 1.165) is 32.6 Å².